The standard InChI is InChI=1S/C15H16N6/c1-10-13(11-6-4-3-5-7-11)18-15(19-14(10)20-16)12-8-17-9-21(12)2/h3-9H,16H2,1-2H3,(H,18,19,20). The number of hydrogen-bond acceptors (Lipinski definition) is 5. The molecule has 0 saturated carbocycles. The maximum atomic E-state index is 5.60. The first-order valence-electron chi connectivity index (χ1n) is 6.58. The Bertz CT molecular complexity index is 763. The number of imidazole rings is 1. The zero-order valence-electron chi connectivity index (χ0n) is 11.9. The van der Waals surface area contributed by atoms with Gasteiger partial charge in [-0.05, 0) is 6.92 Å². The molecule has 0 amide bonds. The van der Waals surface area contributed by atoms with Gasteiger partial charge in [0, 0.05) is 18.2 Å². The largest absolute Gasteiger partial charge is 0.331 e. The molecule has 0 bridgehead atoms. The normalized spacial score (nSPS) is 10.6. The smallest absolute Gasteiger partial charge is 0.180 e. The van der Waals surface area contributed by atoms with Crippen LogP contribution in [0.15, 0.2) is 42.9 Å². The number of aryl methyl sites for hydroxylation is 1. The van der Waals surface area contributed by atoms with Crippen molar-refractivity contribution < 1.29 is 0 Å². The van der Waals surface area contributed by atoms with E-state index in [1.165, 1.54) is 0 Å². The molecule has 0 spiro atoms. The SMILES string of the molecule is Cc1c(NN)nc(-c2cncn2C)nc1-c1ccccc1. The molecule has 0 unspecified atom stereocenters. The molecule has 0 aliphatic heterocycles. The van der Waals surface area contributed by atoms with E-state index in [1.54, 1.807) is 12.5 Å². The number of nitrogens with zero attached hydrogens (tertiary/aromatic N) is 4. The lowest BCUT2D eigenvalue weighted by molar-refractivity contribution is 0.907. The van der Waals surface area contributed by atoms with Crippen LogP contribution < -0.4 is 11.3 Å². The van der Waals surface area contributed by atoms with Gasteiger partial charge in [-0.1, -0.05) is 30.3 Å². The van der Waals surface area contributed by atoms with Crippen LogP contribution in [-0.2, 0) is 7.05 Å². The molecule has 0 fully saturated rings. The van der Waals surface area contributed by atoms with E-state index in [0.29, 0.717) is 11.6 Å². The van der Waals surface area contributed by atoms with Crippen LogP contribution in [0.1, 0.15) is 5.56 Å². The van der Waals surface area contributed by atoms with Gasteiger partial charge in [-0.2, -0.15) is 0 Å². The summed E-state index contributed by atoms with van der Waals surface area (Å²) in [5.74, 6) is 6.80. The van der Waals surface area contributed by atoms with E-state index in [-0.39, 0.29) is 0 Å². The Morgan fingerprint density at radius 3 is 2.52 bits per heavy atom. The van der Waals surface area contributed by atoms with Gasteiger partial charge < -0.3 is 9.99 Å². The van der Waals surface area contributed by atoms with Gasteiger partial charge in [-0.15, -0.1) is 0 Å². The number of rotatable bonds is 3. The molecule has 0 saturated heterocycles. The number of anilines is 1. The molecule has 0 aliphatic carbocycles. The molecule has 3 aromatic rings. The second-order valence-corrected chi connectivity index (χ2v) is 4.77. The number of nitrogens with one attached hydrogen (secondary N) is 1. The van der Waals surface area contributed by atoms with Crippen LogP contribution in [0.4, 0.5) is 5.82 Å². The average molecular weight is 280 g/mol. The third kappa shape index (κ3) is 2.36. The number of hydrazine groups is 1. The maximum Gasteiger partial charge on any atom is 0.180 e. The highest BCUT2D eigenvalue weighted by Crippen LogP contribution is 2.28. The molecule has 2 heterocycles. The number of hydrogen-bond donors (Lipinski definition) is 2. The van der Waals surface area contributed by atoms with Gasteiger partial charge >= 0.3 is 0 Å². The third-order valence-corrected chi connectivity index (χ3v) is 3.38. The van der Waals surface area contributed by atoms with Gasteiger partial charge in [-0.25, -0.2) is 20.8 Å². The molecule has 21 heavy (non-hydrogen) atoms. The van der Waals surface area contributed by atoms with Crippen molar-refractivity contribution in [3.63, 3.8) is 0 Å². The Balaban J connectivity index is 2.23. The Hall–Kier alpha value is -2.73. The van der Waals surface area contributed by atoms with Crippen molar-refractivity contribution in [2.24, 2.45) is 12.9 Å². The summed E-state index contributed by atoms with van der Waals surface area (Å²) < 4.78 is 1.87. The van der Waals surface area contributed by atoms with Gasteiger partial charge in [0.15, 0.2) is 5.82 Å². The molecule has 3 rings (SSSR count). The second-order valence-electron chi connectivity index (χ2n) is 4.77. The van der Waals surface area contributed by atoms with Crippen LogP contribution in [0.25, 0.3) is 22.8 Å². The average Bonchev–Trinajstić information content (AvgIpc) is 2.94. The number of benzene rings is 1. The predicted molar refractivity (Wildman–Crippen MR) is 82.2 cm³/mol. The van der Waals surface area contributed by atoms with E-state index in [0.717, 1.165) is 22.5 Å². The summed E-state index contributed by atoms with van der Waals surface area (Å²) in [6.45, 7) is 1.95. The zero-order valence-corrected chi connectivity index (χ0v) is 11.9. The Labute approximate surface area is 122 Å². The molecule has 0 aliphatic rings. The summed E-state index contributed by atoms with van der Waals surface area (Å²) in [4.78, 5) is 13.3. The van der Waals surface area contributed by atoms with Crippen molar-refractivity contribution >= 4 is 5.82 Å². The van der Waals surface area contributed by atoms with Gasteiger partial charge in [-0.3, -0.25) is 0 Å². The topological polar surface area (TPSA) is 81.6 Å². The number of nitrogen functional groups attached to an aromatic ring is 1. The van der Waals surface area contributed by atoms with E-state index >= 15 is 0 Å². The van der Waals surface area contributed by atoms with Crippen LogP contribution in [0.5, 0.6) is 0 Å². The Kier molecular flexibility index (Phi) is 3.37. The van der Waals surface area contributed by atoms with Gasteiger partial charge in [0.2, 0.25) is 0 Å². The third-order valence-electron chi connectivity index (χ3n) is 3.38. The summed E-state index contributed by atoms with van der Waals surface area (Å²) in [6, 6.07) is 9.97. The highest BCUT2D eigenvalue weighted by molar-refractivity contribution is 5.70. The highest BCUT2D eigenvalue weighted by Gasteiger charge is 2.14. The van der Waals surface area contributed by atoms with Crippen LogP contribution in [0.3, 0.4) is 0 Å². The van der Waals surface area contributed by atoms with Crippen molar-refractivity contribution in [2.75, 3.05) is 5.43 Å². The van der Waals surface area contributed by atoms with Gasteiger partial charge in [0.25, 0.3) is 0 Å². The van der Waals surface area contributed by atoms with Crippen LogP contribution in [-0.4, -0.2) is 19.5 Å². The van der Waals surface area contributed by atoms with E-state index in [9.17, 15) is 0 Å². The fourth-order valence-electron chi connectivity index (χ4n) is 2.22. The fourth-order valence-corrected chi connectivity index (χ4v) is 2.22. The molecule has 2 aromatic heterocycles. The minimum atomic E-state index is 0.590. The maximum absolute atomic E-state index is 5.60. The second kappa shape index (κ2) is 5.34. The van der Waals surface area contributed by atoms with Gasteiger partial charge in [0.05, 0.1) is 18.2 Å². The van der Waals surface area contributed by atoms with Crippen LogP contribution in [0, 0.1) is 6.92 Å². The quantitative estimate of drug-likeness (QED) is 0.567. The molecule has 6 nitrogen and oxygen atoms in total. The van der Waals surface area contributed by atoms with Gasteiger partial charge in [0.1, 0.15) is 11.5 Å². The summed E-state index contributed by atoms with van der Waals surface area (Å²) in [6.07, 6.45) is 3.45. The predicted octanol–water partition coefficient (Wildman–Crippen LogP) is 2.14. The molecule has 1 aromatic carbocycles. The van der Waals surface area contributed by atoms with Crippen LogP contribution >= 0.6 is 0 Å². The van der Waals surface area contributed by atoms with E-state index in [4.69, 9.17) is 5.84 Å². The van der Waals surface area contributed by atoms with Crippen LogP contribution in [0.2, 0.25) is 0 Å². The lowest BCUT2D eigenvalue weighted by atomic mass is 10.1. The molecule has 106 valence electrons. The Morgan fingerprint density at radius 1 is 1.14 bits per heavy atom. The van der Waals surface area contributed by atoms with Crippen molar-refractivity contribution in [1.29, 1.82) is 0 Å². The van der Waals surface area contributed by atoms with E-state index in [1.807, 2.05) is 48.9 Å². The van der Waals surface area contributed by atoms with E-state index < -0.39 is 0 Å². The minimum absolute atomic E-state index is 0.590. The van der Waals surface area contributed by atoms with Crippen molar-refractivity contribution in [3.8, 4) is 22.8 Å². The first-order valence-corrected chi connectivity index (χ1v) is 6.58. The van der Waals surface area contributed by atoms with Crippen molar-refractivity contribution in [2.45, 2.75) is 6.92 Å². The molecule has 0 radical (unpaired) electrons. The Morgan fingerprint density at radius 2 is 1.90 bits per heavy atom. The molecular weight excluding hydrogens is 264 g/mol. The van der Waals surface area contributed by atoms with E-state index in [2.05, 4.69) is 20.4 Å². The summed E-state index contributed by atoms with van der Waals surface area (Å²) >= 11 is 0. The molecular formula is C15H16N6. The number of nitrogens with two attached hydrogens (primary N) is 1. The lowest BCUT2D eigenvalue weighted by Crippen LogP contribution is -2.12. The monoisotopic (exact) mass is 280 g/mol. The molecule has 6 heteroatoms. The van der Waals surface area contributed by atoms with Crippen molar-refractivity contribution in [1.82, 2.24) is 19.5 Å². The summed E-state index contributed by atoms with van der Waals surface area (Å²) in [5.41, 5.74) is 6.28. The minimum Gasteiger partial charge on any atom is -0.331 e. The zero-order chi connectivity index (χ0) is 14.8. The molecule has 0 atom stereocenters. The summed E-state index contributed by atoms with van der Waals surface area (Å²) in [7, 11) is 1.91. The summed E-state index contributed by atoms with van der Waals surface area (Å²) in [5, 5.41) is 0. The first-order chi connectivity index (χ1) is 10.2. The fraction of sp³-hybridized carbons (Fsp3) is 0.133. The highest BCUT2D eigenvalue weighted by atomic mass is 15.3. The van der Waals surface area contributed by atoms with Crippen molar-refractivity contribution in [3.05, 3.63) is 48.4 Å². The first kappa shape index (κ1) is 13.3. The lowest BCUT2D eigenvalue weighted by Gasteiger charge is -2.12. The molecule has 3 N–H and O–H groups in total. The number of aromatic nitrogens is 4.